The molecule has 3 heteroatoms. The van der Waals surface area contributed by atoms with Crippen LogP contribution in [0.3, 0.4) is 0 Å². The summed E-state index contributed by atoms with van der Waals surface area (Å²) in [4.78, 5) is 14.6. The number of hydrogen-bond donors (Lipinski definition) is 1. The number of fused-ring (bicyclic) bond motifs is 1. The number of aryl methyl sites for hydroxylation is 1. The van der Waals surface area contributed by atoms with Crippen molar-refractivity contribution >= 4 is 16.7 Å². The molecule has 1 amide bonds. The Bertz CT molecular complexity index is 730. The molecule has 2 aromatic rings. The molecule has 2 fully saturated rings. The SMILES string of the molecule is O=C(CCc1ccc2ccccc2c1)N1CCC(NCC2CC2)CC1. The van der Waals surface area contributed by atoms with Gasteiger partial charge in [0.25, 0.3) is 0 Å². The Hall–Kier alpha value is -1.87. The van der Waals surface area contributed by atoms with Gasteiger partial charge in [-0.15, -0.1) is 0 Å². The lowest BCUT2D eigenvalue weighted by atomic mass is 10.0. The quantitative estimate of drug-likeness (QED) is 0.871. The number of rotatable bonds is 6. The van der Waals surface area contributed by atoms with Crippen LogP contribution in [0.1, 0.15) is 37.7 Å². The van der Waals surface area contributed by atoms with E-state index < -0.39 is 0 Å². The summed E-state index contributed by atoms with van der Waals surface area (Å²) in [5.41, 5.74) is 1.26. The summed E-state index contributed by atoms with van der Waals surface area (Å²) in [5.74, 6) is 1.25. The van der Waals surface area contributed by atoms with E-state index in [1.807, 2.05) is 0 Å². The van der Waals surface area contributed by atoms with Crippen LogP contribution in [0.15, 0.2) is 42.5 Å². The van der Waals surface area contributed by atoms with Crippen LogP contribution in [0.2, 0.25) is 0 Å². The van der Waals surface area contributed by atoms with Gasteiger partial charge in [0, 0.05) is 25.6 Å². The smallest absolute Gasteiger partial charge is 0.222 e. The molecule has 1 saturated heterocycles. The van der Waals surface area contributed by atoms with Crippen LogP contribution in [0.5, 0.6) is 0 Å². The fourth-order valence-electron chi connectivity index (χ4n) is 3.79. The van der Waals surface area contributed by atoms with Crippen LogP contribution in [-0.4, -0.2) is 36.5 Å². The van der Waals surface area contributed by atoms with Gasteiger partial charge in [-0.1, -0.05) is 42.5 Å². The van der Waals surface area contributed by atoms with E-state index in [2.05, 4.69) is 52.7 Å². The summed E-state index contributed by atoms with van der Waals surface area (Å²) in [5, 5.41) is 6.20. The number of carbonyl (C=O) groups excluding carboxylic acids is 1. The van der Waals surface area contributed by atoms with Gasteiger partial charge < -0.3 is 10.2 Å². The van der Waals surface area contributed by atoms with Crippen LogP contribution in [0.25, 0.3) is 10.8 Å². The number of nitrogens with zero attached hydrogens (tertiary/aromatic N) is 1. The van der Waals surface area contributed by atoms with E-state index >= 15 is 0 Å². The van der Waals surface area contributed by atoms with Gasteiger partial charge in [-0.25, -0.2) is 0 Å². The fraction of sp³-hybridized carbons (Fsp3) is 0.500. The van der Waals surface area contributed by atoms with E-state index in [1.165, 1.54) is 35.7 Å². The molecule has 132 valence electrons. The standard InChI is InChI=1S/C22H28N2O/c25-22(24-13-11-21(12-14-24)23-16-18-5-6-18)10-8-17-7-9-19-3-1-2-4-20(19)15-17/h1-4,7,9,15,18,21,23H,5-6,8,10-14,16H2. The summed E-state index contributed by atoms with van der Waals surface area (Å²) >= 11 is 0. The van der Waals surface area contributed by atoms with E-state index in [-0.39, 0.29) is 0 Å². The molecule has 2 aromatic carbocycles. The van der Waals surface area contributed by atoms with Crippen LogP contribution in [0.4, 0.5) is 0 Å². The van der Waals surface area contributed by atoms with Crippen molar-refractivity contribution in [2.24, 2.45) is 5.92 Å². The molecule has 2 aliphatic rings. The Morgan fingerprint density at radius 3 is 2.52 bits per heavy atom. The first-order valence-electron chi connectivity index (χ1n) is 9.77. The second kappa shape index (κ2) is 7.57. The monoisotopic (exact) mass is 336 g/mol. The van der Waals surface area contributed by atoms with E-state index in [1.54, 1.807) is 0 Å². The first kappa shape index (κ1) is 16.6. The molecular weight excluding hydrogens is 308 g/mol. The highest BCUT2D eigenvalue weighted by molar-refractivity contribution is 5.83. The summed E-state index contributed by atoms with van der Waals surface area (Å²) in [6, 6.07) is 15.6. The molecule has 0 radical (unpaired) electrons. The molecule has 0 aromatic heterocycles. The Kier molecular flexibility index (Phi) is 5.02. The number of benzene rings is 2. The van der Waals surface area contributed by atoms with Gasteiger partial charge >= 0.3 is 0 Å². The molecule has 3 nitrogen and oxygen atoms in total. The van der Waals surface area contributed by atoms with Crippen molar-refractivity contribution in [3.8, 4) is 0 Å². The highest BCUT2D eigenvalue weighted by atomic mass is 16.2. The zero-order valence-corrected chi connectivity index (χ0v) is 14.9. The third-order valence-electron chi connectivity index (χ3n) is 5.68. The summed E-state index contributed by atoms with van der Waals surface area (Å²) < 4.78 is 0. The zero-order valence-electron chi connectivity index (χ0n) is 14.9. The van der Waals surface area contributed by atoms with Crippen LogP contribution >= 0.6 is 0 Å². The first-order valence-corrected chi connectivity index (χ1v) is 9.77. The summed E-state index contributed by atoms with van der Waals surface area (Å²) in [6.45, 7) is 3.01. The maximum Gasteiger partial charge on any atom is 0.222 e. The molecule has 25 heavy (non-hydrogen) atoms. The van der Waals surface area contributed by atoms with Gasteiger partial charge in [0.2, 0.25) is 5.91 Å². The molecule has 1 aliphatic carbocycles. The molecule has 0 unspecified atom stereocenters. The Morgan fingerprint density at radius 2 is 1.76 bits per heavy atom. The number of amides is 1. The second-order valence-electron chi connectivity index (χ2n) is 7.69. The molecule has 0 atom stereocenters. The first-order chi connectivity index (χ1) is 12.3. The van der Waals surface area contributed by atoms with E-state index in [9.17, 15) is 4.79 Å². The van der Waals surface area contributed by atoms with Gasteiger partial charge in [0.05, 0.1) is 0 Å². The lowest BCUT2D eigenvalue weighted by Crippen LogP contribution is -2.45. The zero-order chi connectivity index (χ0) is 17.1. The number of piperidine rings is 1. The van der Waals surface area contributed by atoms with Crippen molar-refractivity contribution < 1.29 is 4.79 Å². The Balaban J connectivity index is 1.24. The molecule has 1 N–H and O–H groups in total. The summed E-state index contributed by atoms with van der Waals surface area (Å²) in [6.07, 6.45) is 6.48. The predicted octanol–water partition coefficient (Wildman–Crippen LogP) is 3.76. The average molecular weight is 336 g/mol. The van der Waals surface area contributed by atoms with Crippen molar-refractivity contribution in [1.29, 1.82) is 0 Å². The van der Waals surface area contributed by atoms with Gasteiger partial charge in [0.15, 0.2) is 0 Å². The maximum atomic E-state index is 12.5. The summed E-state index contributed by atoms with van der Waals surface area (Å²) in [7, 11) is 0. The van der Waals surface area contributed by atoms with E-state index in [0.717, 1.165) is 38.3 Å². The Morgan fingerprint density at radius 1 is 1.00 bits per heavy atom. The van der Waals surface area contributed by atoms with Gasteiger partial charge in [-0.2, -0.15) is 0 Å². The van der Waals surface area contributed by atoms with Crippen LogP contribution in [-0.2, 0) is 11.2 Å². The van der Waals surface area contributed by atoms with Gasteiger partial charge in [-0.3, -0.25) is 4.79 Å². The lowest BCUT2D eigenvalue weighted by Gasteiger charge is -2.32. The number of carbonyl (C=O) groups is 1. The average Bonchev–Trinajstić information content (AvgIpc) is 3.49. The Labute approximate surface area is 150 Å². The molecular formula is C22H28N2O. The van der Waals surface area contributed by atoms with Gasteiger partial charge in [0.1, 0.15) is 0 Å². The van der Waals surface area contributed by atoms with Crippen LogP contribution < -0.4 is 5.32 Å². The maximum absolute atomic E-state index is 12.5. The topological polar surface area (TPSA) is 32.3 Å². The predicted molar refractivity (Wildman–Crippen MR) is 103 cm³/mol. The largest absolute Gasteiger partial charge is 0.343 e. The van der Waals surface area contributed by atoms with Crippen molar-refractivity contribution in [3.05, 3.63) is 48.0 Å². The van der Waals surface area contributed by atoms with Gasteiger partial charge in [-0.05, 0) is 60.9 Å². The highest BCUT2D eigenvalue weighted by Crippen LogP contribution is 2.28. The molecule has 1 aliphatic heterocycles. The van der Waals surface area contributed by atoms with Crippen molar-refractivity contribution in [3.63, 3.8) is 0 Å². The van der Waals surface area contributed by atoms with Crippen molar-refractivity contribution in [2.45, 2.75) is 44.6 Å². The van der Waals surface area contributed by atoms with Crippen molar-refractivity contribution in [2.75, 3.05) is 19.6 Å². The molecule has 0 spiro atoms. The molecule has 1 saturated carbocycles. The minimum atomic E-state index is 0.314. The number of nitrogens with one attached hydrogen (secondary N) is 1. The van der Waals surface area contributed by atoms with Crippen molar-refractivity contribution in [1.82, 2.24) is 10.2 Å². The minimum absolute atomic E-state index is 0.314. The van der Waals surface area contributed by atoms with Crippen LogP contribution in [0, 0.1) is 5.92 Å². The normalized spacial score (nSPS) is 18.6. The number of likely N-dealkylation sites (tertiary alicyclic amines) is 1. The molecule has 1 heterocycles. The van der Waals surface area contributed by atoms with E-state index in [0.29, 0.717) is 18.4 Å². The second-order valence-corrected chi connectivity index (χ2v) is 7.69. The van der Waals surface area contributed by atoms with E-state index in [4.69, 9.17) is 0 Å². The molecule has 4 rings (SSSR count). The fourth-order valence-corrected chi connectivity index (χ4v) is 3.79. The lowest BCUT2D eigenvalue weighted by molar-refractivity contribution is -0.132. The highest BCUT2D eigenvalue weighted by Gasteiger charge is 2.25. The third kappa shape index (κ3) is 4.40. The molecule has 0 bridgehead atoms. The minimum Gasteiger partial charge on any atom is -0.343 e. The third-order valence-corrected chi connectivity index (χ3v) is 5.68. The number of hydrogen-bond acceptors (Lipinski definition) is 2.